The Kier molecular flexibility index (Phi) is 5.01. The predicted octanol–water partition coefficient (Wildman–Crippen LogP) is 5.39. The van der Waals surface area contributed by atoms with Crippen LogP contribution in [-0.4, -0.2) is 28.5 Å². The number of aryl methyl sites for hydroxylation is 1. The van der Waals surface area contributed by atoms with Gasteiger partial charge in [-0.1, -0.05) is 42.5 Å². The number of thioether (sulfide) groups is 1. The number of fused-ring (bicyclic) bond motifs is 3. The van der Waals surface area contributed by atoms with E-state index < -0.39 is 0 Å². The molecule has 142 valence electrons. The second-order valence-electron chi connectivity index (χ2n) is 6.60. The molecule has 0 atom stereocenters. The Morgan fingerprint density at radius 1 is 1.04 bits per heavy atom. The molecule has 1 heterocycles. The van der Waals surface area contributed by atoms with Crippen molar-refractivity contribution in [1.82, 2.24) is 4.57 Å². The molecule has 0 fully saturated rings. The summed E-state index contributed by atoms with van der Waals surface area (Å²) in [4.78, 5) is 13.7. The van der Waals surface area contributed by atoms with E-state index in [1.54, 1.807) is 17.8 Å². The van der Waals surface area contributed by atoms with Crippen molar-refractivity contribution in [2.75, 3.05) is 12.9 Å². The van der Waals surface area contributed by atoms with E-state index in [-0.39, 0.29) is 11.7 Å². The average molecular weight is 391 g/mol. The van der Waals surface area contributed by atoms with E-state index in [0.29, 0.717) is 5.56 Å². The fraction of sp³-hybridized carbons (Fsp3) is 0.174. The minimum Gasteiger partial charge on any atom is -0.507 e. The van der Waals surface area contributed by atoms with Gasteiger partial charge in [-0.3, -0.25) is 0 Å². The van der Waals surface area contributed by atoms with Crippen LogP contribution in [0.2, 0.25) is 0 Å². The average Bonchev–Trinajstić information content (AvgIpc) is 3.00. The number of benzene rings is 3. The molecule has 0 aliphatic carbocycles. The molecule has 0 bridgehead atoms. The summed E-state index contributed by atoms with van der Waals surface area (Å²) in [5.41, 5.74) is 2.33. The third-order valence-electron chi connectivity index (χ3n) is 5.02. The number of methoxy groups -OCH3 is 1. The summed E-state index contributed by atoms with van der Waals surface area (Å²) < 4.78 is 7.19. The number of rotatable bonds is 5. The first-order valence-electron chi connectivity index (χ1n) is 9.11. The zero-order valence-electron chi connectivity index (χ0n) is 15.8. The number of hydrogen-bond donors (Lipinski definition) is 1. The Morgan fingerprint density at radius 2 is 1.71 bits per heavy atom. The van der Waals surface area contributed by atoms with Crippen molar-refractivity contribution in [2.45, 2.75) is 18.4 Å². The van der Waals surface area contributed by atoms with Gasteiger partial charge >= 0.3 is 5.97 Å². The maximum Gasteiger partial charge on any atom is 0.340 e. The molecule has 0 amide bonds. The summed E-state index contributed by atoms with van der Waals surface area (Å²) in [5, 5.41) is 12.9. The molecule has 0 spiro atoms. The number of ether oxygens (including phenoxy) is 1. The Bertz CT molecular complexity index is 1170. The normalized spacial score (nSPS) is 11.2. The molecule has 0 radical (unpaired) electrons. The molecule has 0 aliphatic heterocycles. The van der Waals surface area contributed by atoms with Crippen LogP contribution in [0.1, 0.15) is 16.1 Å². The van der Waals surface area contributed by atoms with Crippen LogP contribution in [0.5, 0.6) is 5.75 Å². The van der Waals surface area contributed by atoms with Crippen molar-refractivity contribution in [3.8, 4) is 5.75 Å². The largest absolute Gasteiger partial charge is 0.507 e. The predicted molar refractivity (Wildman–Crippen MR) is 114 cm³/mol. The first-order chi connectivity index (χ1) is 13.6. The molecule has 5 heteroatoms. The van der Waals surface area contributed by atoms with Gasteiger partial charge in [0, 0.05) is 39.0 Å². The third-order valence-corrected chi connectivity index (χ3v) is 6.01. The Labute approximate surface area is 167 Å². The molecule has 0 unspecified atom stereocenters. The number of nitrogens with zero attached hydrogens (tertiary/aromatic N) is 1. The van der Waals surface area contributed by atoms with E-state index in [1.807, 2.05) is 49.4 Å². The number of aromatic hydroxyl groups is 1. The smallest absolute Gasteiger partial charge is 0.340 e. The van der Waals surface area contributed by atoms with E-state index in [2.05, 4.69) is 16.7 Å². The lowest BCUT2D eigenvalue weighted by molar-refractivity contribution is 0.0602. The first-order valence-corrected chi connectivity index (χ1v) is 10.1. The molecule has 4 rings (SSSR count). The molecule has 0 aliphatic rings. The van der Waals surface area contributed by atoms with Gasteiger partial charge in [0.1, 0.15) is 5.75 Å². The fourth-order valence-electron chi connectivity index (χ4n) is 3.73. The van der Waals surface area contributed by atoms with Crippen molar-refractivity contribution in [3.63, 3.8) is 0 Å². The van der Waals surface area contributed by atoms with Crippen LogP contribution in [0.25, 0.3) is 21.7 Å². The van der Waals surface area contributed by atoms with E-state index in [4.69, 9.17) is 4.74 Å². The minimum absolute atomic E-state index is 0.170. The van der Waals surface area contributed by atoms with Crippen molar-refractivity contribution in [2.24, 2.45) is 0 Å². The molecular weight excluding hydrogens is 370 g/mol. The van der Waals surface area contributed by atoms with Gasteiger partial charge in [-0.25, -0.2) is 4.79 Å². The molecule has 0 saturated carbocycles. The van der Waals surface area contributed by atoms with Gasteiger partial charge in [0.05, 0.1) is 18.2 Å². The molecule has 3 aromatic carbocycles. The van der Waals surface area contributed by atoms with Crippen LogP contribution < -0.4 is 0 Å². The third kappa shape index (κ3) is 3.12. The van der Waals surface area contributed by atoms with Gasteiger partial charge < -0.3 is 14.4 Å². The number of phenols is 1. The van der Waals surface area contributed by atoms with Gasteiger partial charge in [-0.05, 0) is 25.1 Å². The second-order valence-corrected chi connectivity index (χ2v) is 7.77. The Balaban J connectivity index is 1.85. The number of aromatic nitrogens is 1. The highest BCUT2D eigenvalue weighted by atomic mass is 32.2. The Morgan fingerprint density at radius 3 is 2.43 bits per heavy atom. The van der Waals surface area contributed by atoms with Crippen LogP contribution in [0.3, 0.4) is 0 Å². The molecule has 0 saturated heterocycles. The fourth-order valence-corrected chi connectivity index (χ4v) is 4.59. The quantitative estimate of drug-likeness (QED) is 0.366. The Hall–Kier alpha value is -2.92. The number of esters is 1. The summed E-state index contributed by atoms with van der Waals surface area (Å²) in [6, 6.07) is 19.7. The highest BCUT2D eigenvalue weighted by Gasteiger charge is 2.23. The summed E-state index contributed by atoms with van der Waals surface area (Å²) in [6.45, 7) is 2.68. The van der Waals surface area contributed by atoms with Gasteiger partial charge in [-0.15, -0.1) is 11.8 Å². The first kappa shape index (κ1) is 18.4. The maximum absolute atomic E-state index is 12.5. The highest BCUT2D eigenvalue weighted by Crippen LogP contribution is 2.37. The summed E-state index contributed by atoms with van der Waals surface area (Å²) in [6.07, 6.45) is 0. The van der Waals surface area contributed by atoms with E-state index in [9.17, 15) is 9.90 Å². The number of carbonyl (C=O) groups excluding carboxylic acids is 1. The van der Waals surface area contributed by atoms with Crippen LogP contribution >= 0.6 is 11.8 Å². The SMILES string of the molecule is COC(=O)c1c(C)n(CCSc2ccccc2)c2c1cc(O)c1ccccc12. The second kappa shape index (κ2) is 7.60. The summed E-state index contributed by atoms with van der Waals surface area (Å²) in [7, 11) is 1.39. The van der Waals surface area contributed by atoms with Crippen LogP contribution in [0.4, 0.5) is 0 Å². The van der Waals surface area contributed by atoms with Crippen molar-refractivity contribution >= 4 is 39.4 Å². The monoisotopic (exact) mass is 391 g/mol. The zero-order valence-corrected chi connectivity index (χ0v) is 16.6. The number of phenolic OH excluding ortho intramolecular Hbond substituents is 1. The van der Waals surface area contributed by atoms with Crippen molar-refractivity contribution < 1.29 is 14.6 Å². The summed E-state index contributed by atoms with van der Waals surface area (Å²) >= 11 is 1.78. The lowest BCUT2D eigenvalue weighted by atomic mass is 10.0. The molecular formula is C23H21NO3S. The lowest BCUT2D eigenvalue weighted by Crippen LogP contribution is -2.06. The van der Waals surface area contributed by atoms with Crippen molar-refractivity contribution in [3.05, 3.63) is 71.9 Å². The zero-order chi connectivity index (χ0) is 19.7. The van der Waals surface area contributed by atoms with E-state index in [1.165, 1.54) is 12.0 Å². The molecule has 1 aromatic heterocycles. The van der Waals surface area contributed by atoms with E-state index in [0.717, 1.165) is 39.7 Å². The minimum atomic E-state index is -0.383. The van der Waals surface area contributed by atoms with Crippen molar-refractivity contribution in [1.29, 1.82) is 0 Å². The number of hydrogen-bond acceptors (Lipinski definition) is 4. The topological polar surface area (TPSA) is 51.5 Å². The lowest BCUT2D eigenvalue weighted by Gasteiger charge is -2.11. The van der Waals surface area contributed by atoms with E-state index >= 15 is 0 Å². The molecule has 4 nitrogen and oxygen atoms in total. The van der Waals surface area contributed by atoms with Crippen LogP contribution in [0, 0.1) is 6.92 Å². The molecule has 28 heavy (non-hydrogen) atoms. The highest BCUT2D eigenvalue weighted by molar-refractivity contribution is 7.99. The van der Waals surface area contributed by atoms with Crippen LogP contribution in [-0.2, 0) is 11.3 Å². The van der Waals surface area contributed by atoms with Gasteiger partial charge in [0.15, 0.2) is 0 Å². The van der Waals surface area contributed by atoms with Crippen LogP contribution in [0.15, 0.2) is 65.6 Å². The maximum atomic E-state index is 12.5. The molecule has 4 aromatic rings. The number of carbonyl (C=O) groups is 1. The standard InChI is InChI=1S/C23H21NO3S/c1-15-21(23(26)27-2)19-14-20(25)17-10-6-7-11-18(17)22(19)24(15)12-13-28-16-8-4-3-5-9-16/h3-11,14,25H,12-13H2,1-2H3. The van der Waals surface area contributed by atoms with Gasteiger partial charge in [-0.2, -0.15) is 0 Å². The van der Waals surface area contributed by atoms with Gasteiger partial charge in [0.25, 0.3) is 0 Å². The molecule has 1 N–H and O–H groups in total. The summed E-state index contributed by atoms with van der Waals surface area (Å²) in [5.74, 6) is 0.653. The van der Waals surface area contributed by atoms with Gasteiger partial charge in [0.2, 0.25) is 0 Å².